The van der Waals surface area contributed by atoms with E-state index < -0.39 is 6.10 Å². The maximum absolute atomic E-state index is 10.7. The topological polar surface area (TPSA) is 29.5 Å². The number of aliphatic hydroxyl groups is 1. The summed E-state index contributed by atoms with van der Waals surface area (Å²) in [7, 11) is 1.69. The maximum Gasteiger partial charge on any atom is 0.125 e. The SMILES string of the molecule is COc1cc(C)cc(C)c1C(O)CC1CCCCCC1. The van der Waals surface area contributed by atoms with Crippen LogP contribution in [0.1, 0.15) is 67.7 Å². The van der Waals surface area contributed by atoms with Crippen molar-refractivity contribution in [2.24, 2.45) is 5.92 Å². The summed E-state index contributed by atoms with van der Waals surface area (Å²) in [6.07, 6.45) is 8.38. The normalized spacial score (nSPS) is 18.6. The van der Waals surface area contributed by atoms with Gasteiger partial charge in [0.2, 0.25) is 0 Å². The first-order chi connectivity index (χ1) is 9.61. The summed E-state index contributed by atoms with van der Waals surface area (Å²) < 4.78 is 5.48. The Morgan fingerprint density at radius 1 is 1.15 bits per heavy atom. The van der Waals surface area contributed by atoms with Crippen LogP contribution in [0.5, 0.6) is 5.75 Å². The van der Waals surface area contributed by atoms with Crippen molar-refractivity contribution in [1.82, 2.24) is 0 Å². The fraction of sp³-hybridized carbons (Fsp3) is 0.667. The summed E-state index contributed by atoms with van der Waals surface area (Å²) in [5.74, 6) is 1.50. The van der Waals surface area contributed by atoms with Gasteiger partial charge >= 0.3 is 0 Å². The number of benzene rings is 1. The number of hydrogen-bond donors (Lipinski definition) is 1. The van der Waals surface area contributed by atoms with Crippen LogP contribution in [0.2, 0.25) is 0 Å². The molecular weight excluding hydrogens is 248 g/mol. The zero-order valence-corrected chi connectivity index (χ0v) is 13.1. The van der Waals surface area contributed by atoms with Gasteiger partial charge in [-0.05, 0) is 43.4 Å². The molecule has 2 nitrogen and oxygen atoms in total. The molecule has 2 heteroatoms. The molecule has 1 aliphatic rings. The van der Waals surface area contributed by atoms with Crippen molar-refractivity contribution in [3.63, 3.8) is 0 Å². The number of methoxy groups -OCH3 is 1. The summed E-state index contributed by atoms with van der Waals surface area (Å²) >= 11 is 0. The minimum absolute atomic E-state index is 0.395. The van der Waals surface area contributed by atoms with Crippen LogP contribution in [0.25, 0.3) is 0 Å². The molecule has 20 heavy (non-hydrogen) atoms. The molecule has 0 aliphatic heterocycles. The molecule has 1 fully saturated rings. The molecule has 1 aromatic rings. The van der Waals surface area contributed by atoms with Crippen molar-refractivity contribution in [2.45, 2.75) is 64.9 Å². The van der Waals surface area contributed by atoms with E-state index in [0.717, 1.165) is 23.3 Å². The molecule has 112 valence electrons. The van der Waals surface area contributed by atoms with Gasteiger partial charge in [0, 0.05) is 5.56 Å². The average molecular weight is 276 g/mol. The lowest BCUT2D eigenvalue weighted by Crippen LogP contribution is -2.10. The molecule has 0 spiro atoms. The van der Waals surface area contributed by atoms with Crippen LogP contribution in [0, 0.1) is 19.8 Å². The van der Waals surface area contributed by atoms with E-state index in [2.05, 4.69) is 19.9 Å². The molecule has 1 aliphatic carbocycles. The van der Waals surface area contributed by atoms with E-state index in [1.165, 1.54) is 44.1 Å². The highest BCUT2D eigenvalue weighted by atomic mass is 16.5. The first-order valence-electron chi connectivity index (χ1n) is 7.95. The fourth-order valence-electron chi connectivity index (χ4n) is 3.57. The molecule has 2 rings (SSSR count). The van der Waals surface area contributed by atoms with Crippen molar-refractivity contribution in [3.05, 3.63) is 28.8 Å². The van der Waals surface area contributed by atoms with Crippen LogP contribution in [0.4, 0.5) is 0 Å². The van der Waals surface area contributed by atoms with E-state index in [-0.39, 0.29) is 0 Å². The number of aryl methyl sites for hydroxylation is 2. The van der Waals surface area contributed by atoms with Gasteiger partial charge in [0.05, 0.1) is 13.2 Å². The van der Waals surface area contributed by atoms with Gasteiger partial charge in [0.25, 0.3) is 0 Å². The first-order valence-corrected chi connectivity index (χ1v) is 7.95. The van der Waals surface area contributed by atoms with Gasteiger partial charge in [0.1, 0.15) is 5.75 Å². The van der Waals surface area contributed by atoms with Crippen molar-refractivity contribution in [2.75, 3.05) is 7.11 Å². The molecule has 0 amide bonds. The Labute approximate surface area is 123 Å². The minimum atomic E-state index is -0.395. The Hall–Kier alpha value is -1.02. The second-order valence-electron chi connectivity index (χ2n) is 6.31. The molecule has 1 unspecified atom stereocenters. The van der Waals surface area contributed by atoms with Gasteiger partial charge in [0.15, 0.2) is 0 Å². The molecule has 1 saturated carbocycles. The molecule has 0 saturated heterocycles. The van der Waals surface area contributed by atoms with Crippen LogP contribution in [-0.2, 0) is 0 Å². The summed E-state index contributed by atoms with van der Waals surface area (Å²) in [5.41, 5.74) is 3.31. The van der Waals surface area contributed by atoms with Gasteiger partial charge in [-0.1, -0.05) is 44.6 Å². The summed E-state index contributed by atoms with van der Waals surface area (Å²) in [4.78, 5) is 0. The Balaban J connectivity index is 2.13. The van der Waals surface area contributed by atoms with Crippen LogP contribution in [0.15, 0.2) is 12.1 Å². The van der Waals surface area contributed by atoms with Crippen LogP contribution >= 0.6 is 0 Å². The summed E-state index contributed by atoms with van der Waals surface area (Å²) in [6, 6.07) is 4.16. The monoisotopic (exact) mass is 276 g/mol. The van der Waals surface area contributed by atoms with Crippen LogP contribution in [0.3, 0.4) is 0 Å². The maximum atomic E-state index is 10.7. The standard InChI is InChI=1S/C18H28O2/c1-13-10-14(2)18(17(11-13)20-3)16(19)12-15-8-6-4-5-7-9-15/h10-11,15-16,19H,4-9,12H2,1-3H3. The smallest absolute Gasteiger partial charge is 0.125 e. The van der Waals surface area contributed by atoms with E-state index in [9.17, 15) is 5.11 Å². The summed E-state index contributed by atoms with van der Waals surface area (Å²) in [5, 5.41) is 10.7. The van der Waals surface area contributed by atoms with Gasteiger partial charge in [-0.2, -0.15) is 0 Å². The lowest BCUT2D eigenvalue weighted by Gasteiger charge is -2.22. The fourth-order valence-corrected chi connectivity index (χ4v) is 3.57. The third-order valence-electron chi connectivity index (χ3n) is 4.58. The quantitative estimate of drug-likeness (QED) is 0.807. The van der Waals surface area contributed by atoms with E-state index in [1.807, 2.05) is 6.07 Å². The number of hydrogen-bond acceptors (Lipinski definition) is 2. The van der Waals surface area contributed by atoms with Gasteiger partial charge < -0.3 is 9.84 Å². The first kappa shape index (κ1) is 15.4. The molecule has 1 atom stereocenters. The minimum Gasteiger partial charge on any atom is -0.496 e. The molecule has 0 heterocycles. The number of rotatable bonds is 4. The second kappa shape index (κ2) is 7.12. The lowest BCUT2D eigenvalue weighted by molar-refractivity contribution is 0.135. The predicted molar refractivity (Wildman–Crippen MR) is 83.2 cm³/mol. The molecule has 0 aromatic heterocycles. The van der Waals surface area contributed by atoms with Crippen molar-refractivity contribution < 1.29 is 9.84 Å². The zero-order chi connectivity index (χ0) is 14.5. The third kappa shape index (κ3) is 3.76. The van der Waals surface area contributed by atoms with Crippen molar-refractivity contribution in [3.8, 4) is 5.75 Å². The molecule has 1 N–H and O–H groups in total. The van der Waals surface area contributed by atoms with E-state index in [0.29, 0.717) is 5.92 Å². The van der Waals surface area contributed by atoms with Crippen LogP contribution in [-0.4, -0.2) is 12.2 Å². The number of ether oxygens (including phenoxy) is 1. The molecular formula is C18H28O2. The zero-order valence-electron chi connectivity index (χ0n) is 13.1. The molecule has 1 aromatic carbocycles. The van der Waals surface area contributed by atoms with Crippen molar-refractivity contribution >= 4 is 0 Å². The highest BCUT2D eigenvalue weighted by molar-refractivity contribution is 5.44. The van der Waals surface area contributed by atoms with Crippen molar-refractivity contribution in [1.29, 1.82) is 0 Å². The van der Waals surface area contributed by atoms with E-state index in [1.54, 1.807) is 7.11 Å². The predicted octanol–water partition coefficient (Wildman–Crippen LogP) is 4.71. The Morgan fingerprint density at radius 3 is 2.40 bits per heavy atom. The van der Waals surface area contributed by atoms with Gasteiger partial charge in [-0.3, -0.25) is 0 Å². The molecule has 0 radical (unpaired) electrons. The second-order valence-corrected chi connectivity index (χ2v) is 6.31. The van der Waals surface area contributed by atoms with Gasteiger partial charge in [-0.15, -0.1) is 0 Å². The summed E-state index contributed by atoms with van der Waals surface area (Å²) in [6.45, 7) is 4.14. The number of aliphatic hydroxyl groups excluding tert-OH is 1. The van der Waals surface area contributed by atoms with Gasteiger partial charge in [-0.25, -0.2) is 0 Å². The van der Waals surface area contributed by atoms with E-state index in [4.69, 9.17) is 4.74 Å². The average Bonchev–Trinajstić information content (AvgIpc) is 2.66. The third-order valence-corrected chi connectivity index (χ3v) is 4.58. The van der Waals surface area contributed by atoms with E-state index >= 15 is 0 Å². The highest BCUT2D eigenvalue weighted by Gasteiger charge is 2.21. The molecule has 0 bridgehead atoms. The largest absolute Gasteiger partial charge is 0.496 e. The Bertz CT molecular complexity index is 431. The highest BCUT2D eigenvalue weighted by Crippen LogP contribution is 2.36. The Morgan fingerprint density at radius 2 is 1.80 bits per heavy atom. The Kier molecular flexibility index (Phi) is 5.47. The van der Waals surface area contributed by atoms with Crippen LogP contribution < -0.4 is 4.74 Å². The lowest BCUT2D eigenvalue weighted by atomic mass is 9.89.